The third kappa shape index (κ3) is 3.35. The van der Waals surface area contributed by atoms with E-state index in [9.17, 15) is 18.0 Å². The number of fused-ring (bicyclic) bond motifs is 1. The summed E-state index contributed by atoms with van der Waals surface area (Å²) >= 11 is 0. The van der Waals surface area contributed by atoms with Crippen molar-refractivity contribution >= 4 is 17.4 Å². The van der Waals surface area contributed by atoms with Crippen LogP contribution in [0.2, 0.25) is 0 Å². The van der Waals surface area contributed by atoms with E-state index in [4.69, 9.17) is 0 Å². The Bertz CT molecular complexity index is 911. The van der Waals surface area contributed by atoms with Gasteiger partial charge in [0.1, 0.15) is 17.2 Å². The first-order valence-electron chi connectivity index (χ1n) is 7.73. The summed E-state index contributed by atoms with van der Waals surface area (Å²) in [6.45, 7) is 3.52. The summed E-state index contributed by atoms with van der Waals surface area (Å²) in [5.74, 6) is 0.00240. The minimum absolute atomic E-state index is 0.196. The van der Waals surface area contributed by atoms with Crippen LogP contribution in [0.3, 0.4) is 0 Å². The predicted molar refractivity (Wildman–Crippen MR) is 89.1 cm³/mol. The quantitative estimate of drug-likeness (QED) is 0.752. The number of imidazole rings is 1. The molecule has 2 aromatic heterocycles. The van der Waals surface area contributed by atoms with Gasteiger partial charge in [0, 0.05) is 17.7 Å². The van der Waals surface area contributed by atoms with Crippen molar-refractivity contribution in [3.05, 3.63) is 54.2 Å². The van der Waals surface area contributed by atoms with Crippen LogP contribution in [-0.4, -0.2) is 15.3 Å². The first-order valence-corrected chi connectivity index (χ1v) is 7.73. The van der Waals surface area contributed by atoms with Crippen molar-refractivity contribution in [3.8, 4) is 11.3 Å². The second-order valence-corrected chi connectivity index (χ2v) is 5.96. The molecule has 1 aromatic carbocycles. The maximum atomic E-state index is 12.8. The van der Waals surface area contributed by atoms with Crippen LogP contribution in [0.1, 0.15) is 19.4 Å². The van der Waals surface area contributed by atoms with Crippen LogP contribution >= 0.6 is 0 Å². The smallest absolute Gasteiger partial charge is 0.310 e. The summed E-state index contributed by atoms with van der Waals surface area (Å²) in [5.41, 5.74) is 0.786. The number of carbonyl (C=O) groups is 1. The van der Waals surface area contributed by atoms with Gasteiger partial charge in [0.05, 0.1) is 5.56 Å². The Balaban J connectivity index is 2.10. The summed E-state index contributed by atoms with van der Waals surface area (Å²) < 4.78 is 40.0. The van der Waals surface area contributed by atoms with Crippen molar-refractivity contribution in [1.29, 1.82) is 0 Å². The molecule has 0 spiro atoms. The van der Waals surface area contributed by atoms with Gasteiger partial charge in [-0.1, -0.05) is 32.0 Å². The minimum Gasteiger partial charge on any atom is -0.310 e. The van der Waals surface area contributed by atoms with Gasteiger partial charge in [-0.3, -0.25) is 9.20 Å². The van der Waals surface area contributed by atoms with Crippen molar-refractivity contribution in [2.45, 2.75) is 20.0 Å². The molecule has 1 amide bonds. The van der Waals surface area contributed by atoms with E-state index in [-0.39, 0.29) is 11.8 Å². The molecule has 7 heteroatoms. The van der Waals surface area contributed by atoms with Gasteiger partial charge in [0.25, 0.3) is 0 Å². The van der Waals surface area contributed by atoms with Crippen LogP contribution in [0.15, 0.2) is 48.7 Å². The Hall–Kier alpha value is -2.83. The fourth-order valence-electron chi connectivity index (χ4n) is 2.39. The van der Waals surface area contributed by atoms with E-state index < -0.39 is 11.7 Å². The molecule has 0 unspecified atom stereocenters. The van der Waals surface area contributed by atoms with Crippen LogP contribution in [0.5, 0.6) is 0 Å². The molecule has 0 aliphatic rings. The van der Waals surface area contributed by atoms with E-state index in [1.165, 1.54) is 12.1 Å². The number of alkyl halides is 3. The average molecular weight is 347 g/mol. The van der Waals surface area contributed by atoms with Crippen molar-refractivity contribution < 1.29 is 18.0 Å². The molecule has 3 aromatic rings. The Morgan fingerprint density at radius 2 is 1.80 bits per heavy atom. The normalized spacial score (nSPS) is 11.9. The predicted octanol–water partition coefficient (Wildman–Crippen LogP) is 4.61. The molecule has 25 heavy (non-hydrogen) atoms. The average Bonchev–Trinajstić information content (AvgIpc) is 2.93. The first-order chi connectivity index (χ1) is 11.8. The molecular formula is C18H16F3N3O. The van der Waals surface area contributed by atoms with Crippen LogP contribution in [-0.2, 0) is 11.0 Å². The Morgan fingerprint density at radius 1 is 1.12 bits per heavy atom. The van der Waals surface area contributed by atoms with Crippen LogP contribution in [0, 0.1) is 5.92 Å². The molecule has 1 N–H and O–H groups in total. The van der Waals surface area contributed by atoms with Crippen LogP contribution in [0.25, 0.3) is 16.9 Å². The van der Waals surface area contributed by atoms with Crippen molar-refractivity contribution in [2.24, 2.45) is 5.92 Å². The summed E-state index contributed by atoms with van der Waals surface area (Å²) in [6.07, 6.45) is -2.65. The number of amides is 1. The summed E-state index contributed by atoms with van der Waals surface area (Å²) in [6, 6.07) is 10.1. The molecule has 0 atom stereocenters. The molecule has 3 rings (SSSR count). The van der Waals surface area contributed by atoms with Gasteiger partial charge < -0.3 is 5.32 Å². The summed E-state index contributed by atoms with van der Waals surface area (Å²) in [5, 5.41) is 2.82. The molecule has 2 heterocycles. The molecule has 130 valence electrons. The Kier molecular flexibility index (Phi) is 4.24. The topological polar surface area (TPSA) is 46.4 Å². The number of hydrogen-bond acceptors (Lipinski definition) is 2. The third-order valence-electron chi connectivity index (χ3n) is 3.78. The van der Waals surface area contributed by atoms with E-state index >= 15 is 0 Å². The van der Waals surface area contributed by atoms with Gasteiger partial charge in [0.15, 0.2) is 0 Å². The number of aromatic nitrogens is 2. The zero-order chi connectivity index (χ0) is 18.2. The fraction of sp³-hybridized carbons (Fsp3) is 0.222. The zero-order valence-corrected chi connectivity index (χ0v) is 13.6. The summed E-state index contributed by atoms with van der Waals surface area (Å²) in [7, 11) is 0. The van der Waals surface area contributed by atoms with Gasteiger partial charge >= 0.3 is 6.18 Å². The lowest BCUT2D eigenvalue weighted by Crippen LogP contribution is -2.19. The number of anilines is 1. The second kappa shape index (κ2) is 6.23. The van der Waals surface area contributed by atoms with Gasteiger partial charge in [0.2, 0.25) is 5.91 Å². The number of nitrogens with zero attached hydrogens (tertiary/aromatic N) is 2. The molecule has 0 aliphatic heterocycles. The SMILES string of the molecule is CC(C)C(=O)Nc1c(-c2ccc(C(F)(F)F)cc2)nc2ccccn12. The largest absolute Gasteiger partial charge is 0.416 e. The van der Waals surface area contributed by atoms with Crippen molar-refractivity contribution in [3.63, 3.8) is 0 Å². The molecule has 0 saturated carbocycles. The number of nitrogens with one attached hydrogen (secondary N) is 1. The highest BCUT2D eigenvalue weighted by atomic mass is 19.4. The lowest BCUT2D eigenvalue weighted by Gasteiger charge is -2.10. The monoisotopic (exact) mass is 347 g/mol. The van der Waals surface area contributed by atoms with E-state index in [1.807, 2.05) is 0 Å². The van der Waals surface area contributed by atoms with Gasteiger partial charge in [-0.05, 0) is 24.3 Å². The number of hydrogen-bond donors (Lipinski definition) is 1. The molecule has 0 bridgehead atoms. The highest BCUT2D eigenvalue weighted by Gasteiger charge is 2.30. The molecule has 0 aliphatic carbocycles. The van der Waals surface area contributed by atoms with Gasteiger partial charge in [-0.25, -0.2) is 4.98 Å². The first kappa shape index (κ1) is 17.0. The molecule has 4 nitrogen and oxygen atoms in total. The van der Waals surface area contributed by atoms with Crippen molar-refractivity contribution in [2.75, 3.05) is 5.32 Å². The number of rotatable bonds is 3. The van der Waals surface area contributed by atoms with Crippen molar-refractivity contribution in [1.82, 2.24) is 9.38 Å². The second-order valence-electron chi connectivity index (χ2n) is 5.96. The minimum atomic E-state index is -4.40. The van der Waals surface area contributed by atoms with E-state index in [2.05, 4.69) is 10.3 Å². The number of pyridine rings is 1. The molecule has 0 radical (unpaired) electrons. The van der Waals surface area contributed by atoms with E-state index in [0.717, 1.165) is 12.1 Å². The Morgan fingerprint density at radius 3 is 2.40 bits per heavy atom. The van der Waals surface area contributed by atoms with Crippen LogP contribution in [0.4, 0.5) is 19.0 Å². The van der Waals surface area contributed by atoms with Gasteiger partial charge in [-0.15, -0.1) is 0 Å². The lowest BCUT2D eigenvalue weighted by atomic mass is 10.1. The van der Waals surface area contributed by atoms with Gasteiger partial charge in [-0.2, -0.15) is 13.2 Å². The molecular weight excluding hydrogens is 331 g/mol. The highest BCUT2D eigenvalue weighted by molar-refractivity contribution is 5.95. The maximum absolute atomic E-state index is 12.8. The number of benzene rings is 1. The fourth-order valence-corrected chi connectivity index (χ4v) is 2.39. The van der Waals surface area contributed by atoms with E-state index in [0.29, 0.717) is 22.7 Å². The lowest BCUT2D eigenvalue weighted by molar-refractivity contribution is -0.137. The van der Waals surface area contributed by atoms with E-state index in [1.54, 1.807) is 42.6 Å². The Labute approximate surface area is 142 Å². The zero-order valence-electron chi connectivity index (χ0n) is 13.6. The highest BCUT2D eigenvalue weighted by Crippen LogP contribution is 2.33. The maximum Gasteiger partial charge on any atom is 0.416 e. The number of carbonyl (C=O) groups excluding carboxylic acids is 1. The third-order valence-corrected chi connectivity index (χ3v) is 3.78. The van der Waals surface area contributed by atoms with Crippen LogP contribution < -0.4 is 5.32 Å². The summed E-state index contributed by atoms with van der Waals surface area (Å²) in [4.78, 5) is 16.6. The number of halogens is 3. The molecule has 0 saturated heterocycles. The standard InChI is InChI=1S/C18H16F3N3O/c1-11(2)17(25)23-16-15(22-14-5-3-4-10-24(14)16)12-6-8-13(9-7-12)18(19,20)21/h3-11H,1-2H3,(H,23,25). The molecule has 0 fully saturated rings.